The zero-order valence-corrected chi connectivity index (χ0v) is 11.7. The summed E-state index contributed by atoms with van der Waals surface area (Å²) < 4.78 is 0. The molecule has 0 aliphatic rings. The van der Waals surface area contributed by atoms with Crippen molar-refractivity contribution in [2.75, 3.05) is 5.32 Å². The molecule has 0 aliphatic carbocycles. The molecule has 0 bridgehead atoms. The van der Waals surface area contributed by atoms with E-state index in [0.29, 0.717) is 17.3 Å². The van der Waals surface area contributed by atoms with Crippen LogP contribution in [0.4, 0.5) is 5.69 Å². The summed E-state index contributed by atoms with van der Waals surface area (Å²) >= 11 is 11.5. The molecule has 98 valence electrons. The molecule has 4 heteroatoms. The molecule has 0 aliphatic heterocycles. The number of carbonyl (C=O) groups excluding carboxylic acids is 1. The summed E-state index contributed by atoms with van der Waals surface area (Å²) in [4.78, 5) is 11.9. The Labute approximate surface area is 122 Å². The first-order chi connectivity index (χ1) is 9.17. The summed E-state index contributed by atoms with van der Waals surface area (Å²) in [5.41, 5.74) is 2.73. The maximum atomic E-state index is 11.9. The quantitative estimate of drug-likeness (QED) is 0.839. The molecule has 1 N–H and O–H groups in total. The number of carbonyl (C=O) groups is 1. The second-order valence-electron chi connectivity index (χ2n) is 4.18. The van der Waals surface area contributed by atoms with Gasteiger partial charge in [-0.3, -0.25) is 4.79 Å². The van der Waals surface area contributed by atoms with Crippen molar-refractivity contribution in [3.05, 3.63) is 64.7 Å². The summed E-state index contributed by atoms with van der Waals surface area (Å²) in [7, 11) is 0. The van der Waals surface area contributed by atoms with E-state index in [9.17, 15) is 4.79 Å². The number of halogens is 2. The Balaban J connectivity index is 1.95. The van der Waals surface area contributed by atoms with Gasteiger partial charge in [0, 0.05) is 16.6 Å². The molecule has 0 unspecified atom stereocenters. The first-order valence-electron chi connectivity index (χ1n) is 5.86. The number of anilines is 1. The number of amides is 1. The molecule has 0 atom stereocenters. The average Bonchev–Trinajstić information content (AvgIpc) is 2.42. The Morgan fingerprint density at radius 2 is 1.53 bits per heavy atom. The minimum atomic E-state index is -0.0547. The van der Waals surface area contributed by atoms with E-state index in [1.54, 1.807) is 12.1 Å². The lowest BCUT2D eigenvalue weighted by Crippen LogP contribution is -2.14. The van der Waals surface area contributed by atoms with Gasteiger partial charge in [0.2, 0.25) is 5.91 Å². The summed E-state index contributed by atoms with van der Waals surface area (Å²) in [5, 5.41) is 3.51. The normalized spacial score (nSPS) is 10.2. The second kappa shape index (κ2) is 6.60. The van der Waals surface area contributed by atoms with Crippen molar-refractivity contribution >= 4 is 34.8 Å². The second-order valence-corrected chi connectivity index (χ2v) is 4.89. The van der Waals surface area contributed by atoms with Crippen LogP contribution in [0.25, 0.3) is 0 Å². The van der Waals surface area contributed by atoms with E-state index < -0.39 is 0 Å². The summed E-state index contributed by atoms with van der Waals surface area (Å²) in [6.45, 7) is 0. The van der Waals surface area contributed by atoms with E-state index in [0.717, 1.165) is 16.8 Å². The summed E-state index contributed by atoms with van der Waals surface area (Å²) in [6, 6.07) is 14.7. The highest BCUT2D eigenvalue weighted by atomic mass is 35.5. The smallest absolute Gasteiger partial charge is 0.228 e. The molecule has 2 aromatic carbocycles. The maximum absolute atomic E-state index is 11.9. The topological polar surface area (TPSA) is 29.1 Å². The lowest BCUT2D eigenvalue weighted by molar-refractivity contribution is -0.115. The fraction of sp³-hybridized carbons (Fsp3) is 0.133. The van der Waals surface area contributed by atoms with Crippen LogP contribution in [0.5, 0.6) is 0 Å². The van der Waals surface area contributed by atoms with Gasteiger partial charge in [0.15, 0.2) is 0 Å². The Morgan fingerprint density at radius 1 is 0.947 bits per heavy atom. The van der Waals surface area contributed by atoms with Gasteiger partial charge in [-0.25, -0.2) is 0 Å². The summed E-state index contributed by atoms with van der Waals surface area (Å²) in [6.07, 6.45) is 0.328. The van der Waals surface area contributed by atoms with Crippen LogP contribution in [0.1, 0.15) is 11.1 Å². The van der Waals surface area contributed by atoms with Crippen LogP contribution < -0.4 is 5.32 Å². The molecule has 0 saturated carbocycles. The molecule has 2 rings (SSSR count). The molecule has 2 nitrogen and oxygen atoms in total. The van der Waals surface area contributed by atoms with Crippen molar-refractivity contribution in [2.45, 2.75) is 12.3 Å². The molecule has 0 aromatic heterocycles. The van der Waals surface area contributed by atoms with Crippen LogP contribution in [-0.2, 0) is 17.1 Å². The van der Waals surface area contributed by atoms with Crippen molar-refractivity contribution < 1.29 is 4.79 Å². The third-order valence-corrected chi connectivity index (χ3v) is 3.23. The molecule has 0 saturated heterocycles. The van der Waals surface area contributed by atoms with E-state index in [-0.39, 0.29) is 5.91 Å². The number of alkyl halides is 1. The van der Waals surface area contributed by atoms with Gasteiger partial charge in [-0.1, -0.05) is 35.9 Å². The number of nitrogens with one attached hydrogen (secondary N) is 1. The Bertz CT molecular complexity index is 549. The van der Waals surface area contributed by atoms with Gasteiger partial charge in [0.1, 0.15) is 0 Å². The van der Waals surface area contributed by atoms with Gasteiger partial charge >= 0.3 is 0 Å². The van der Waals surface area contributed by atoms with Crippen LogP contribution in [0, 0.1) is 0 Å². The van der Waals surface area contributed by atoms with E-state index in [1.807, 2.05) is 36.4 Å². The van der Waals surface area contributed by atoms with Crippen molar-refractivity contribution in [1.82, 2.24) is 0 Å². The van der Waals surface area contributed by atoms with Crippen LogP contribution in [0.15, 0.2) is 48.5 Å². The molecule has 0 spiro atoms. The SMILES string of the molecule is O=C(Cc1ccc(Cl)cc1)Nc1ccc(CCl)cc1. The fourth-order valence-electron chi connectivity index (χ4n) is 1.67. The lowest BCUT2D eigenvalue weighted by atomic mass is 10.1. The predicted molar refractivity (Wildman–Crippen MR) is 79.8 cm³/mol. The number of hydrogen-bond donors (Lipinski definition) is 1. The maximum Gasteiger partial charge on any atom is 0.228 e. The zero-order chi connectivity index (χ0) is 13.7. The predicted octanol–water partition coefficient (Wildman–Crippen LogP) is 4.26. The van der Waals surface area contributed by atoms with Gasteiger partial charge in [-0.2, -0.15) is 0 Å². The average molecular weight is 294 g/mol. The fourth-order valence-corrected chi connectivity index (χ4v) is 1.97. The van der Waals surface area contributed by atoms with Crippen molar-refractivity contribution in [1.29, 1.82) is 0 Å². The highest BCUT2D eigenvalue weighted by molar-refractivity contribution is 6.30. The minimum Gasteiger partial charge on any atom is -0.326 e. The zero-order valence-electron chi connectivity index (χ0n) is 10.2. The summed E-state index contributed by atoms with van der Waals surface area (Å²) in [5.74, 6) is 0.417. The van der Waals surface area contributed by atoms with Gasteiger partial charge < -0.3 is 5.32 Å². The third-order valence-electron chi connectivity index (χ3n) is 2.67. The standard InChI is InChI=1S/C15H13Cl2NO/c16-10-12-3-7-14(8-4-12)18-15(19)9-11-1-5-13(17)6-2-11/h1-8H,9-10H2,(H,18,19). The van der Waals surface area contributed by atoms with Crippen LogP contribution >= 0.6 is 23.2 Å². The molecule has 19 heavy (non-hydrogen) atoms. The van der Waals surface area contributed by atoms with E-state index in [2.05, 4.69) is 5.32 Å². The van der Waals surface area contributed by atoms with E-state index >= 15 is 0 Å². The molecule has 0 radical (unpaired) electrons. The van der Waals surface area contributed by atoms with Gasteiger partial charge in [0.05, 0.1) is 6.42 Å². The highest BCUT2D eigenvalue weighted by Gasteiger charge is 2.04. The largest absolute Gasteiger partial charge is 0.326 e. The van der Waals surface area contributed by atoms with Gasteiger partial charge in [-0.15, -0.1) is 11.6 Å². The molecule has 0 fully saturated rings. The van der Waals surface area contributed by atoms with Gasteiger partial charge in [0.25, 0.3) is 0 Å². The van der Waals surface area contributed by atoms with Crippen molar-refractivity contribution in [2.24, 2.45) is 0 Å². The monoisotopic (exact) mass is 293 g/mol. The van der Waals surface area contributed by atoms with Crippen molar-refractivity contribution in [3.63, 3.8) is 0 Å². The van der Waals surface area contributed by atoms with Gasteiger partial charge in [-0.05, 0) is 35.4 Å². The Kier molecular flexibility index (Phi) is 4.83. The highest BCUT2D eigenvalue weighted by Crippen LogP contribution is 2.13. The first-order valence-corrected chi connectivity index (χ1v) is 6.78. The number of benzene rings is 2. The first kappa shape index (κ1) is 13.9. The minimum absolute atomic E-state index is 0.0547. The van der Waals surface area contributed by atoms with E-state index in [4.69, 9.17) is 23.2 Å². The van der Waals surface area contributed by atoms with Crippen LogP contribution in [-0.4, -0.2) is 5.91 Å². The molecule has 0 heterocycles. The Morgan fingerprint density at radius 3 is 2.11 bits per heavy atom. The molecule has 2 aromatic rings. The molecular formula is C15H13Cl2NO. The lowest BCUT2D eigenvalue weighted by Gasteiger charge is -2.06. The van der Waals surface area contributed by atoms with E-state index in [1.165, 1.54) is 0 Å². The van der Waals surface area contributed by atoms with Crippen LogP contribution in [0.2, 0.25) is 5.02 Å². The number of rotatable bonds is 4. The Hall–Kier alpha value is -1.51. The third kappa shape index (κ3) is 4.27. The van der Waals surface area contributed by atoms with Crippen LogP contribution in [0.3, 0.4) is 0 Å². The van der Waals surface area contributed by atoms with Crippen molar-refractivity contribution in [3.8, 4) is 0 Å². The molecule has 1 amide bonds. The molecular weight excluding hydrogens is 281 g/mol. The number of hydrogen-bond acceptors (Lipinski definition) is 1.